The molecule has 0 saturated carbocycles. The van der Waals surface area contributed by atoms with Gasteiger partial charge >= 0.3 is 0 Å². The van der Waals surface area contributed by atoms with Crippen molar-refractivity contribution in [3.63, 3.8) is 0 Å². The summed E-state index contributed by atoms with van der Waals surface area (Å²) in [6, 6.07) is 8.59. The topological polar surface area (TPSA) is 41.6 Å². The van der Waals surface area contributed by atoms with Crippen molar-refractivity contribution < 1.29 is 9.53 Å². The number of carbonyl (C=O) groups is 1. The number of piperidine rings is 1. The van der Waals surface area contributed by atoms with Crippen molar-refractivity contribution in [1.29, 1.82) is 0 Å². The number of likely N-dealkylation sites (tertiary alicyclic amines) is 1. The highest BCUT2D eigenvalue weighted by molar-refractivity contribution is 5.85. The van der Waals surface area contributed by atoms with Crippen LogP contribution in [0.1, 0.15) is 46.1 Å². The molecule has 1 unspecified atom stereocenters. The standard InChI is InChI=1S/C19H30N2O2.ClH/c1-14(18(22)21-12-10-16(20-5)11-13-21)23-17-8-6-15(7-9-17)19(2,3)4;/h6-9,14,16,20H,10-13H2,1-5H3;1H. The van der Waals surface area contributed by atoms with E-state index in [9.17, 15) is 4.79 Å². The monoisotopic (exact) mass is 354 g/mol. The molecule has 1 aliphatic heterocycles. The molecule has 4 nitrogen and oxygen atoms in total. The van der Waals surface area contributed by atoms with E-state index in [0.717, 1.165) is 31.7 Å². The summed E-state index contributed by atoms with van der Waals surface area (Å²) in [6.07, 6.45) is 1.58. The number of rotatable bonds is 4. The molecular formula is C19H31ClN2O2. The maximum atomic E-state index is 12.5. The lowest BCUT2D eigenvalue weighted by Gasteiger charge is -2.33. The fourth-order valence-corrected chi connectivity index (χ4v) is 2.93. The van der Waals surface area contributed by atoms with Gasteiger partial charge in [0.25, 0.3) is 5.91 Å². The van der Waals surface area contributed by atoms with Crippen LogP contribution < -0.4 is 10.1 Å². The Bertz CT molecular complexity index is 517. The number of halogens is 1. The van der Waals surface area contributed by atoms with E-state index in [1.165, 1.54) is 5.56 Å². The number of amides is 1. The van der Waals surface area contributed by atoms with Crippen LogP contribution in [0, 0.1) is 0 Å². The van der Waals surface area contributed by atoms with E-state index in [1.54, 1.807) is 0 Å². The van der Waals surface area contributed by atoms with Gasteiger partial charge in [-0.1, -0.05) is 32.9 Å². The molecule has 1 aliphatic rings. The Morgan fingerprint density at radius 1 is 1.21 bits per heavy atom. The minimum atomic E-state index is -0.443. The third-order valence-electron chi connectivity index (χ3n) is 4.60. The van der Waals surface area contributed by atoms with Gasteiger partial charge in [-0.3, -0.25) is 4.79 Å². The molecule has 5 heteroatoms. The number of ether oxygens (including phenoxy) is 1. The fraction of sp³-hybridized carbons (Fsp3) is 0.632. The van der Waals surface area contributed by atoms with Crippen molar-refractivity contribution in [2.45, 2.75) is 58.1 Å². The van der Waals surface area contributed by atoms with E-state index in [2.05, 4.69) is 38.2 Å². The van der Waals surface area contributed by atoms with Crippen molar-refractivity contribution in [1.82, 2.24) is 10.2 Å². The zero-order valence-corrected chi connectivity index (χ0v) is 16.3. The molecule has 1 aromatic carbocycles. The molecule has 136 valence electrons. The van der Waals surface area contributed by atoms with Gasteiger partial charge in [0.1, 0.15) is 5.75 Å². The van der Waals surface area contributed by atoms with E-state index in [-0.39, 0.29) is 23.7 Å². The Labute approximate surface area is 152 Å². The van der Waals surface area contributed by atoms with Crippen molar-refractivity contribution in [3.05, 3.63) is 29.8 Å². The third-order valence-corrected chi connectivity index (χ3v) is 4.60. The van der Waals surface area contributed by atoms with Gasteiger partial charge in [-0.25, -0.2) is 0 Å². The zero-order valence-electron chi connectivity index (χ0n) is 15.5. The minimum absolute atomic E-state index is 0. The molecule has 1 saturated heterocycles. The van der Waals surface area contributed by atoms with E-state index in [0.29, 0.717) is 6.04 Å². The molecule has 24 heavy (non-hydrogen) atoms. The number of hydrogen-bond donors (Lipinski definition) is 1. The fourth-order valence-electron chi connectivity index (χ4n) is 2.93. The molecule has 1 heterocycles. The lowest BCUT2D eigenvalue weighted by molar-refractivity contribution is -0.139. The molecule has 0 aromatic heterocycles. The van der Waals surface area contributed by atoms with Crippen LogP contribution in [0.4, 0.5) is 0 Å². The van der Waals surface area contributed by atoms with Gasteiger partial charge in [-0.05, 0) is 49.9 Å². The number of hydrogen-bond acceptors (Lipinski definition) is 3. The van der Waals surface area contributed by atoms with Crippen LogP contribution in [0.25, 0.3) is 0 Å². The number of benzene rings is 1. The molecular weight excluding hydrogens is 324 g/mol. The van der Waals surface area contributed by atoms with E-state index in [4.69, 9.17) is 4.74 Å². The molecule has 0 spiro atoms. The summed E-state index contributed by atoms with van der Waals surface area (Å²) in [5.74, 6) is 0.836. The highest BCUT2D eigenvalue weighted by atomic mass is 35.5. The summed E-state index contributed by atoms with van der Waals surface area (Å²) in [6.45, 7) is 10.0. The van der Waals surface area contributed by atoms with Gasteiger partial charge in [-0.15, -0.1) is 12.4 Å². The molecule has 1 amide bonds. The van der Waals surface area contributed by atoms with Crippen LogP contribution in [0.3, 0.4) is 0 Å². The first-order valence-corrected chi connectivity index (χ1v) is 8.54. The van der Waals surface area contributed by atoms with Crippen LogP contribution >= 0.6 is 12.4 Å². The summed E-state index contributed by atoms with van der Waals surface area (Å²) >= 11 is 0. The first-order valence-electron chi connectivity index (χ1n) is 8.54. The number of carbonyl (C=O) groups excluding carboxylic acids is 1. The lowest BCUT2D eigenvalue weighted by Crippen LogP contribution is -2.48. The Morgan fingerprint density at radius 3 is 2.21 bits per heavy atom. The highest BCUT2D eigenvalue weighted by Gasteiger charge is 2.26. The van der Waals surface area contributed by atoms with Crippen LogP contribution in [0.2, 0.25) is 0 Å². The summed E-state index contributed by atoms with van der Waals surface area (Å²) in [5, 5.41) is 3.28. The largest absolute Gasteiger partial charge is 0.481 e. The Kier molecular flexibility index (Phi) is 7.56. The SMILES string of the molecule is CNC1CCN(C(=O)C(C)Oc2ccc(C(C)(C)C)cc2)CC1.Cl. The van der Waals surface area contributed by atoms with Crippen LogP contribution in [-0.4, -0.2) is 43.1 Å². The summed E-state index contributed by atoms with van der Waals surface area (Å²) in [5.41, 5.74) is 1.38. The molecule has 0 radical (unpaired) electrons. The van der Waals surface area contributed by atoms with Crippen LogP contribution in [0.15, 0.2) is 24.3 Å². The summed E-state index contributed by atoms with van der Waals surface area (Å²) < 4.78 is 5.84. The first-order chi connectivity index (χ1) is 10.8. The number of nitrogens with zero attached hydrogens (tertiary/aromatic N) is 1. The molecule has 0 aliphatic carbocycles. The van der Waals surface area contributed by atoms with Crippen LogP contribution in [0.5, 0.6) is 5.75 Å². The van der Waals surface area contributed by atoms with Gasteiger partial charge < -0.3 is 15.0 Å². The average Bonchev–Trinajstić information content (AvgIpc) is 2.54. The second kappa shape index (κ2) is 8.72. The molecule has 1 aromatic rings. The van der Waals surface area contributed by atoms with Gasteiger partial charge in [0.15, 0.2) is 6.10 Å². The predicted molar refractivity (Wildman–Crippen MR) is 101 cm³/mol. The highest BCUT2D eigenvalue weighted by Crippen LogP contribution is 2.25. The molecule has 1 N–H and O–H groups in total. The van der Waals surface area contributed by atoms with Gasteiger partial charge in [-0.2, -0.15) is 0 Å². The van der Waals surface area contributed by atoms with E-state index < -0.39 is 6.10 Å². The maximum Gasteiger partial charge on any atom is 0.263 e. The second-order valence-corrected chi connectivity index (χ2v) is 7.42. The van der Waals surface area contributed by atoms with Gasteiger partial charge in [0, 0.05) is 19.1 Å². The van der Waals surface area contributed by atoms with Crippen molar-refractivity contribution in [3.8, 4) is 5.75 Å². The number of nitrogens with one attached hydrogen (secondary N) is 1. The maximum absolute atomic E-state index is 12.5. The van der Waals surface area contributed by atoms with E-state index in [1.807, 2.05) is 31.0 Å². The quantitative estimate of drug-likeness (QED) is 0.901. The Balaban J connectivity index is 0.00000288. The van der Waals surface area contributed by atoms with Crippen molar-refractivity contribution >= 4 is 18.3 Å². The average molecular weight is 355 g/mol. The van der Waals surface area contributed by atoms with Crippen LogP contribution in [-0.2, 0) is 10.2 Å². The predicted octanol–water partition coefficient (Wildman–Crippen LogP) is 3.38. The first kappa shape index (κ1) is 20.8. The third kappa shape index (κ3) is 5.38. The Hall–Kier alpha value is -1.26. The molecule has 0 bridgehead atoms. The Morgan fingerprint density at radius 2 is 1.75 bits per heavy atom. The normalized spacial score (nSPS) is 17.1. The second-order valence-electron chi connectivity index (χ2n) is 7.42. The minimum Gasteiger partial charge on any atom is -0.481 e. The molecule has 1 atom stereocenters. The molecule has 2 rings (SSSR count). The summed E-state index contributed by atoms with van der Waals surface area (Å²) in [4.78, 5) is 14.4. The van der Waals surface area contributed by atoms with E-state index >= 15 is 0 Å². The van der Waals surface area contributed by atoms with Gasteiger partial charge in [0.2, 0.25) is 0 Å². The smallest absolute Gasteiger partial charge is 0.263 e. The van der Waals surface area contributed by atoms with Crippen molar-refractivity contribution in [2.24, 2.45) is 0 Å². The summed E-state index contributed by atoms with van der Waals surface area (Å²) in [7, 11) is 1.98. The molecule has 1 fully saturated rings. The van der Waals surface area contributed by atoms with Gasteiger partial charge in [0.05, 0.1) is 0 Å². The van der Waals surface area contributed by atoms with Crippen molar-refractivity contribution in [2.75, 3.05) is 20.1 Å². The zero-order chi connectivity index (χ0) is 17.0. The lowest BCUT2D eigenvalue weighted by atomic mass is 9.87.